The fraction of sp³-hybridized carbons (Fsp3) is 0.333. The Bertz CT molecular complexity index is 492. The third-order valence-electron chi connectivity index (χ3n) is 2.40. The highest BCUT2D eigenvalue weighted by Gasteiger charge is 2.23. The van der Waals surface area contributed by atoms with E-state index < -0.39 is 18.0 Å². The number of aliphatic carboxylic acids is 1. The van der Waals surface area contributed by atoms with Crippen molar-refractivity contribution in [3.63, 3.8) is 0 Å². The number of rotatable bonds is 4. The number of carbonyl (C=O) groups excluding carboxylic acids is 1. The first-order valence-corrected chi connectivity index (χ1v) is 6.32. The maximum absolute atomic E-state index is 11.7. The lowest BCUT2D eigenvalue weighted by atomic mass is 10.1. The number of benzene rings is 1. The largest absolute Gasteiger partial charge is 0.480 e. The molecule has 1 aromatic carbocycles. The number of amides is 2. The van der Waals surface area contributed by atoms with E-state index in [1.54, 1.807) is 19.9 Å². The van der Waals surface area contributed by atoms with E-state index in [9.17, 15) is 9.59 Å². The van der Waals surface area contributed by atoms with Crippen LogP contribution in [0.15, 0.2) is 18.2 Å². The van der Waals surface area contributed by atoms with Crippen LogP contribution in [0.2, 0.25) is 10.0 Å². The van der Waals surface area contributed by atoms with Crippen LogP contribution in [0.25, 0.3) is 0 Å². The number of carboxylic acid groups (broad SMARTS) is 1. The summed E-state index contributed by atoms with van der Waals surface area (Å²) in [4.78, 5) is 22.6. The van der Waals surface area contributed by atoms with E-state index in [1.807, 2.05) is 0 Å². The SMILES string of the molecule is CC(C)[C@H](NC(=O)Nc1ccc(Cl)c(Cl)c1)C(=O)O. The Morgan fingerprint density at radius 2 is 1.84 bits per heavy atom. The van der Waals surface area contributed by atoms with Crippen LogP contribution in [-0.4, -0.2) is 23.1 Å². The van der Waals surface area contributed by atoms with Gasteiger partial charge in [0.05, 0.1) is 10.0 Å². The van der Waals surface area contributed by atoms with Gasteiger partial charge in [-0.3, -0.25) is 0 Å². The summed E-state index contributed by atoms with van der Waals surface area (Å²) in [5.74, 6) is -1.31. The summed E-state index contributed by atoms with van der Waals surface area (Å²) in [6.07, 6.45) is 0. The van der Waals surface area contributed by atoms with E-state index in [0.717, 1.165) is 0 Å². The van der Waals surface area contributed by atoms with E-state index in [0.29, 0.717) is 15.7 Å². The van der Waals surface area contributed by atoms with Crippen molar-refractivity contribution in [1.29, 1.82) is 0 Å². The number of anilines is 1. The zero-order valence-electron chi connectivity index (χ0n) is 10.4. The molecule has 0 unspecified atom stereocenters. The molecule has 19 heavy (non-hydrogen) atoms. The number of halogens is 2. The second kappa shape index (κ2) is 6.63. The zero-order valence-corrected chi connectivity index (χ0v) is 11.9. The molecule has 0 saturated carbocycles. The van der Waals surface area contributed by atoms with Crippen LogP contribution in [0.1, 0.15) is 13.8 Å². The van der Waals surface area contributed by atoms with Crippen LogP contribution < -0.4 is 10.6 Å². The number of nitrogens with one attached hydrogen (secondary N) is 2. The molecule has 7 heteroatoms. The smallest absolute Gasteiger partial charge is 0.326 e. The van der Waals surface area contributed by atoms with Crippen LogP contribution in [-0.2, 0) is 4.79 Å². The highest BCUT2D eigenvalue weighted by molar-refractivity contribution is 6.42. The lowest BCUT2D eigenvalue weighted by molar-refractivity contribution is -0.140. The van der Waals surface area contributed by atoms with Gasteiger partial charge in [0.25, 0.3) is 0 Å². The number of carboxylic acids is 1. The average molecular weight is 305 g/mol. The lowest BCUT2D eigenvalue weighted by Crippen LogP contribution is -2.46. The quantitative estimate of drug-likeness (QED) is 0.799. The summed E-state index contributed by atoms with van der Waals surface area (Å²) >= 11 is 11.6. The molecule has 0 bridgehead atoms. The normalized spacial score (nSPS) is 12.1. The fourth-order valence-corrected chi connectivity index (χ4v) is 1.69. The van der Waals surface area contributed by atoms with Crippen molar-refractivity contribution in [2.75, 3.05) is 5.32 Å². The minimum atomic E-state index is -1.08. The first-order chi connectivity index (χ1) is 8.81. The third-order valence-corrected chi connectivity index (χ3v) is 3.14. The van der Waals surface area contributed by atoms with Crippen molar-refractivity contribution >= 4 is 40.9 Å². The van der Waals surface area contributed by atoms with Gasteiger partial charge >= 0.3 is 12.0 Å². The second-order valence-corrected chi connectivity index (χ2v) is 5.10. The average Bonchev–Trinajstić information content (AvgIpc) is 2.30. The lowest BCUT2D eigenvalue weighted by Gasteiger charge is -2.18. The van der Waals surface area contributed by atoms with Gasteiger partial charge in [-0.15, -0.1) is 0 Å². The summed E-state index contributed by atoms with van der Waals surface area (Å²) in [6.45, 7) is 3.41. The molecule has 1 atom stereocenters. The molecule has 0 aliphatic heterocycles. The molecule has 0 saturated heterocycles. The maximum atomic E-state index is 11.7. The molecule has 0 aliphatic rings. The van der Waals surface area contributed by atoms with Crippen molar-refractivity contribution in [1.82, 2.24) is 5.32 Å². The van der Waals surface area contributed by atoms with Gasteiger partial charge in [-0.1, -0.05) is 37.0 Å². The van der Waals surface area contributed by atoms with Crippen molar-refractivity contribution in [3.05, 3.63) is 28.2 Å². The molecule has 0 aliphatic carbocycles. The van der Waals surface area contributed by atoms with Gasteiger partial charge in [-0.2, -0.15) is 0 Å². The second-order valence-electron chi connectivity index (χ2n) is 4.29. The Labute approximate surface area is 120 Å². The molecular weight excluding hydrogens is 291 g/mol. The van der Waals surface area contributed by atoms with E-state index >= 15 is 0 Å². The van der Waals surface area contributed by atoms with Gasteiger partial charge in [0, 0.05) is 5.69 Å². The Morgan fingerprint density at radius 1 is 1.21 bits per heavy atom. The van der Waals surface area contributed by atoms with Gasteiger partial charge in [-0.05, 0) is 24.1 Å². The first kappa shape index (κ1) is 15.6. The van der Waals surface area contributed by atoms with E-state index in [4.69, 9.17) is 28.3 Å². The molecule has 104 valence electrons. The molecule has 3 N–H and O–H groups in total. The molecular formula is C12H14Cl2N2O3. The van der Waals surface area contributed by atoms with Crippen LogP contribution in [0.5, 0.6) is 0 Å². The fourth-order valence-electron chi connectivity index (χ4n) is 1.40. The number of hydrogen-bond acceptors (Lipinski definition) is 2. The van der Waals surface area contributed by atoms with E-state index in [1.165, 1.54) is 12.1 Å². The van der Waals surface area contributed by atoms with Crippen LogP contribution in [0.4, 0.5) is 10.5 Å². The standard InChI is InChI=1S/C12H14Cl2N2O3/c1-6(2)10(11(17)18)16-12(19)15-7-3-4-8(13)9(14)5-7/h3-6,10H,1-2H3,(H,17,18)(H2,15,16,19)/t10-/m0/s1. The topological polar surface area (TPSA) is 78.4 Å². The Hall–Kier alpha value is -1.46. The molecule has 5 nitrogen and oxygen atoms in total. The summed E-state index contributed by atoms with van der Waals surface area (Å²) in [5.41, 5.74) is 0.430. The van der Waals surface area contributed by atoms with Crippen molar-refractivity contribution in [2.45, 2.75) is 19.9 Å². The van der Waals surface area contributed by atoms with Crippen LogP contribution >= 0.6 is 23.2 Å². The predicted molar refractivity (Wildman–Crippen MR) is 74.9 cm³/mol. The molecule has 2 amide bonds. The molecule has 1 aromatic rings. The van der Waals surface area contributed by atoms with Gasteiger partial charge < -0.3 is 15.7 Å². The molecule has 0 aromatic heterocycles. The van der Waals surface area contributed by atoms with Gasteiger partial charge in [0.15, 0.2) is 0 Å². The highest BCUT2D eigenvalue weighted by atomic mass is 35.5. The van der Waals surface area contributed by atoms with E-state index in [-0.39, 0.29) is 5.92 Å². The number of hydrogen-bond donors (Lipinski definition) is 3. The highest BCUT2D eigenvalue weighted by Crippen LogP contribution is 2.24. The molecule has 0 spiro atoms. The monoisotopic (exact) mass is 304 g/mol. The van der Waals surface area contributed by atoms with Gasteiger partial charge in [0.2, 0.25) is 0 Å². The van der Waals surface area contributed by atoms with E-state index in [2.05, 4.69) is 10.6 Å². The van der Waals surface area contributed by atoms with Gasteiger partial charge in [-0.25, -0.2) is 9.59 Å². The Morgan fingerprint density at radius 3 is 2.32 bits per heavy atom. The summed E-state index contributed by atoms with van der Waals surface area (Å²) < 4.78 is 0. The Kier molecular flexibility index (Phi) is 5.44. The Balaban J connectivity index is 2.69. The van der Waals surface area contributed by atoms with Crippen molar-refractivity contribution in [2.24, 2.45) is 5.92 Å². The summed E-state index contributed by atoms with van der Waals surface area (Å²) in [5, 5.41) is 14.5. The predicted octanol–water partition coefficient (Wildman–Crippen LogP) is 3.22. The number of carbonyl (C=O) groups is 2. The zero-order chi connectivity index (χ0) is 14.6. The molecule has 1 rings (SSSR count). The molecule has 0 fully saturated rings. The van der Waals surface area contributed by atoms with Crippen LogP contribution in [0.3, 0.4) is 0 Å². The summed E-state index contributed by atoms with van der Waals surface area (Å²) in [6, 6.07) is 3.02. The van der Waals surface area contributed by atoms with Crippen molar-refractivity contribution < 1.29 is 14.7 Å². The minimum absolute atomic E-state index is 0.225. The van der Waals surface area contributed by atoms with Gasteiger partial charge in [0.1, 0.15) is 6.04 Å². The first-order valence-electron chi connectivity index (χ1n) is 5.56. The maximum Gasteiger partial charge on any atom is 0.326 e. The molecule has 0 heterocycles. The number of urea groups is 1. The summed E-state index contributed by atoms with van der Waals surface area (Å²) in [7, 11) is 0. The minimum Gasteiger partial charge on any atom is -0.480 e. The van der Waals surface area contributed by atoms with Crippen molar-refractivity contribution in [3.8, 4) is 0 Å². The molecule has 0 radical (unpaired) electrons. The third kappa shape index (κ3) is 4.61. The van der Waals surface area contributed by atoms with Crippen LogP contribution in [0, 0.1) is 5.92 Å².